The molecule has 9 heteroatoms. The average molecular weight is 367 g/mol. The first-order valence-electron chi connectivity index (χ1n) is 6.60. The highest BCUT2D eigenvalue weighted by molar-refractivity contribution is 7.89. The Labute approximate surface area is 139 Å². The number of ether oxygens (including phenoxy) is 1. The van der Waals surface area contributed by atoms with Crippen molar-refractivity contribution < 1.29 is 17.9 Å². The van der Waals surface area contributed by atoms with Gasteiger partial charge in [0.2, 0.25) is 15.9 Å². The molecule has 0 aliphatic carbocycles. The highest BCUT2D eigenvalue weighted by Gasteiger charge is 2.33. The largest absolute Gasteiger partial charge is 0.495 e. The minimum atomic E-state index is -3.78. The smallest absolute Gasteiger partial charge is 0.244 e. The normalized spacial score (nSPS) is 17.4. The number of hydrogen-bond donors (Lipinski definition) is 1. The van der Waals surface area contributed by atoms with Gasteiger partial charge in [0.05, 0.1) is 12.1 Å². The van der Waals surface area contributed by atoms with Crippen LogP contribution < -0.4 is 10.5 Å². The summed E-state index contributed by atoms with van der Waals surface area (Å²) in [5.41, 5.74) is 5.25. The zero-order valence-corrected chi connectivity index (χ0v) is 14.2. The molecule has 2 N–H and O–H groups in total. The molecule has 0 atom stereocenters. The van der Waals surface area contributed by atoms with E-state index in [1.54, 1.807) is 0 Å². The monoisotopic (exact) mass is 366 g/mol. The first-order chi connectivity index (χ1) is 10.3. The van der Waals surface area contributed by atoms with Gasteiger partial charge in [-0.2, -0.15) is 4.31 Å². The maximum absolute atomic E-state index is 12.7. The van der Waals surface area contributed by atoms with Crippen LogP contribution in [0.4, 0.5) is 0 Å². The number of amides is 1. The van der Waals surface area contributed by atoms with E-state index in [-0.39, 0.29) is 33.9 Å². The molecule has 1 saturated heterocycles. The average Bonchev–Trinajstić information content (AvgIpc) is 2.49. The van der Waals surface area contributed by atoms with Gasteiger partial charge in [-0.05, 0) is 25.0 Å². The maximum Gasteiger partial charge on any atom is 0.244 e. The van der Waals surface area contributed by atoms with Crippen molar-refractivity contribution in [2.75, 3.05) is 20.2 Å². The molecule has 122 valence electrons. The number of sulfonamides is 1. The Balaban J connectivity index is 2.29. The van der Waals surface area contributed by atoms with Crippen LogP contribution in [0.15, 0.2) is 17.0 Å². The minimum absolute atomic E-state index is 0.0530. The first kappa shape index (κ1) is 17.3. The van der Waals surface area contributed by atoms with Crippen molar-refractivity contribution in [3.05, 3.63) is 22.2 Å². The highest BCUT2D eigenvalue weighted by atomic mass is 35.5. The van der Waals surface area contributed by atoms with Gasteiger partial charge in [0.25, 0.3) is 0 Å². The second-order valence-corrected chi connectivity index (χ2v) is 7.64. The first-order valence-corrected chi connectivity index (χ1v) is 8.80. The predicted molar refractivity (Wildman–Crippen MR) is 83.7 cm³/mol. The molecule has 0 aromatic heterocycles. The Kier molecular flexibility index (Phi) is 5.21. The molecule has 1 heterocycles. The lowest BCUT2D eigenvalue weighted by molar-refractivity contribution is -0.122. The number of methoxy groups -OCH3 is 1. The van der Waals surface area contributed by atoms with Gasteiger partial charge in [-0.15, -0.1) is 0 Å². The summed E-state index contributed by atoms with van der Waals surface area (Å²) in [6, 6.07) is 2.82. The Morgan fingerprint density at radius 3 is 2.36 bits per heavy atom. The lowest BCUT2D eigenvalue weighted by Crippen LogP contribution is -2.41. The summed E-state index contributed by atoms with van der Waals surface area (Å²) >= 11 is 12.1. The number of hydrogen-bond acceptors (Lipinski definition) is 4. The van der Waals surface area contributed by atoms with Crippen LogP contribution in [0.25, 0.3) is 0 Å². The van der Waals surface area contributed by atoms with E-state index in [9.17, 15) is 13.2 Å². The van der Waals surface area contributed by atoms with Crippen molar-refractivity contribution in [2.24, 2.45) is 11.7 Å². The van der Waals surface area contributed by atoms with Crippen LogP contribution in [-0.2, 0) is 14.8 Å². The lowest BCUT2D eigenvalue weighted by Gasteiger charge is -2.30. The van der Waals surface area contributed by atoms with Gasteiger partial charge >= 0.3 is 0 Å². The molecule has 1 aromatic rings. The molecule has 0 saturated carbocycles. The standard InChI is InChI=1S/C13H16Cl2N2O4S/c1-21-9-2-3-10(12(15)11(9)14)22(19,20)17-6-4-8(5-7-17)13(16)18/h2-3,8H,4-7H2,1H3,(H2,16,18). The summed E-state index contributed by atoms with van der Waals surface area (Å²) in [6.07, 6.45) is 0.798. The zero-order valence-electron chi connectivity index (χ0n) is 11.9. The van der Waals surface area contributed by atoms with Crippen molar-refractivity contribution in [2.45, 2.75) is 17.7 Å². The van der Waals surface area contributed by atoms with E-state index >= 15 is 0 Å². The van der Waals surface area contributed by atoms with Crippen LogP contribution in [-0.4, -0.2) is 38.8 Å². The summed E-state index contributed by atoms with van der Waals surface area (Å²) in [7, 11) is -2.36. The number of carbonyl (C=O) groups is 1. The van der Waals surface area contributed by atoms with Crippen molar-refractivity contribution >= 4 is 39.1 Å². The van der Waals surface area contributed by atoms with E-state index in [0.29, 0.717) is 18.6 Å². The molecule has 0 spiro atoms. The lowest BCUT2D eigenvalue weighted by atomic mass is 9.98. The SMILES string of the molecule is COc1ccc(S(=O)(=O)N2CCC(C(N)=O)CC2)c(Cl)c1Cl. The molecule has 1 aromatic carbocycles. The predicted octanol–water partition coefficient (Wildman–Crippen LogP) is 1.89. The second kappa shape index (κ2) is 6.62. The van der Waals surface area contributed by atoms with E-state index in [0.717, 1.165) is 0 Å². The summed E-state index contributed by atoms with van der Waals surface area (Å²) in [5.74, 6) is -0.387. The van der Waals surface area contributed by atoms with E-state index in [1.807, 2.05) is 0 Å². The van der Waals surface area contributed by atoms with Crippen LogP contribution in [0, 0.1) is 5.92 Å². The van der Waals surface area contributed by atoms with Crippen molar-refractivity contribution in [1.29, 1.82) is 0 Å². The molecular formula is C13H16Cl2N2O4S. The van der Waals surface area contributed by atoms with E-state index in [1.165, 1.54) is 23.5 Å². The Morgan fingerprint density at radius 1 is 1.27 bits per heavy atom. The Bertz CT molecular complexity index is 686. The number of nitrogens with zero attached hydrogens (tertiary/aromatic N) is 1. The van der Waals surface area contributed by atoms with Crippen LogP contribution in [0.2, 0.25) is 10.0 Å². The molecule has 0 bridgehead atoms. The summed E-state index contributed by atoms with van der Waals surface area (Å²) in [5, 5.41) is -0.0182. The zero-order chi connectivity index (χ0) is 16.5. The second-order valence-electron chi connectivity index (χ2n) is 4.97. The fraction of sp³-hybridized carbons (Fsp3) is 0.462. The van der Waals surface area contributed by atoms with Crippen LogP contribution in [0.3, 0.4) is 0 Å². The van der Waals surface area contributed by atoms with E-state index < -0.39 is 15.9 Å². The summed E-state index contributed by atoms with van der Waals surface area (Å²) < 4.78 is 31.6. The van der Waals surface area contributed by atoms with Crippen molar-refractivity contribution in [3.63, 3.8) is 0 Å². The van der Waals surface area contributed by atoms with E-state index in [2.05, 4.69) is 0 Å². The number of halogens is 2. The van der Waals surface area contributed by atoms with Gasteiger partial charge in [-0.1, -0.05) is 23.2 Å². The number of primary amides is 1. The van der Waals surface area contributed by atoms with Gasteiger partial charge in [0, 0.05) is 19.0 Å². The quantitative estimate of drug-likeness (QED) is 0.880. The van der Waals surface area contributed by atoms with Crippen LogP contribution >= 0.6 is 23.2 Å². The van der Waals surface area contributed by atoms with Gasteiger partial charge in [-0.3, -0.25) is 4.79 Å². The molecule has 22 heavy (non-hydrogen) atoms. The van der Waals surface area contributed by atoms with Crippen LogP contribution in [0.5, 0.6) is 5.75 Å². The van der Waals surface area contributed by atoms with Crippen LogP contribution in [0.1, 0.15) is 12.8 Å². The number of carbonyl (C=O) groups excluding carboxylic acids is 1. The molecule has 1 amide bonds. The highest BCUT2D eigenvalue weighted by Crippen LogP contribution is 2.38. The van der Waals surface area contributed by atoms with Gasteiger partial charge in [0.15, 0.2) is 0 Å². The van der Waals surface area contributed by atoms with Crippen molar-refractivity contribution in [1.82, 2.24) is 4.31 Å². The molecule has 1 fully saturated rings. The molecule has 1 aliphatic rings. The van der Waals surface area contributed by atoms with Gasteiger partial charge in [0.1, 0.15) is 15.7 Å². The third kappa shape index (κ3) is 3.17. The third-order valence-electron chi connectivity index (χ3n) is 3.71. The third-order valence-corrected chi connectivity index (χ3v) is 6.62. The Morgan fingerprint density at radius 2 is 1.86 bits per heavy atom. The summed E-state index contributed by atoms with van der Waals surface area (Å²) in [4.78, 5) is 11.1. The van der Waals surface area contributed by atoms with Gasteiger partial charge in [-0.25, -0.2) is 8.42 Å². The molecular weight excluding hydrogens is 351 g/mol. The number of nitrogens with two attached hydrogens (primary N) is 1. The molecule has 1 aliphatic heterocycles. The maximum atomic E-state index is 12.7. The number of benzene rings is 1. The minimum Gasteiger partial charge on any atom is -0.495 e. The topological polar surface area (TPSA) is 89.7 Å². The fourth-order valence-electron chi connectivity index (χ4n) is 2.39. The molecule has 0 unspecified atom stereocenters. The van der Waals surface area contributed by atoms with E-state index in [4.69, 9.17) is 33.7 Å². The van der Waals surface area contributed by atoms with Gasteiger partial charge < -0.3 is 10.5 Å². The fourth-order valence-corrected chi connectivity index (χ4v) is 4.68. The molecule has 6 nitrogen and oxygen atoms in total. The number of piperidine rings is 1. The Hall–Kier alpha value is -1.02. The molecule has 0 radical (unpaired) electrons. The van der Waals surface area contributed by atoms with Crippen molar-refractivity contribution in [3.8, 4) is 5.75 Å². The molecule has 2 rings (SSSR count). The summed E-state index contributed by atoms with van der Waals surface area (Å²) in [6.45, 7) is 0.436. The number of rotatable bonds is 4.